The molecule has 0 heterocycles. The number of allylic oxidation sites excluding steroid dienone is 1. The second-order valence-corrected chi connectivity index (χ2v) is 9.20. The van der Waals surface area contributed by atoms with Crippen LogP contribution in [0.25, 0.3) is 0 Å². The van der Waals surface area contributed by atoms with Gasteiger partial charge in [-0.25, -0.2) is 0 Å². The lowest BCUT2D eigenvalue weighted by Gasteiger charge is -2.56. The zero-order valence-electron chi connectivity index (χ0n) is 15.8. The van der Waals surface area contributed by atoms with E-state index in [9.17, 15) is 14.4 Å². The van der Waals surface area contributed by atoms with Crippen LogP contribution < -0.4 is 5.73 Å². The summed E-state index contributed by atoms with van der Waals surface area (Å²) in [5.41, 5.74) is 6.18. The summed E-state index contributed by atoms with van der Waals surface area (Å²) in [6.07, 6.45) is 7.37. The summed E-state index contributed by atoms with van der Waals surface area (Å²) in [7, 11) is 0. The molecule has 3 unspecified atom stereocenters. The minimum absolute atomic E-state index is 0.0166. The Morgan fingerprint density at radius 3 is 2.58 bits per heavy atom. The number of carbonyl (C=O) groups is 3. The summed E-state index contributed by atoms with van der Waals surface area (Å²) in [4.78, 5) is 37.1. The Morgan fingerprint density at radius 1 is 1.15 bits per heavy atom. The lowest BCUT2D eigenvalue weighted by molar-refractivity contribution is -0.150. The van der Waals surface area contributed by atoms with Crippen LogP contribution in [0, 0.1) is 28.6 Å². The fourth-order valence-corrected chi connectivity index (χ4v) is 6.48. The van der Waals surface area contributed by atoms with Crippen LogP contribution >= 0.6 is 0 Å². The summed E-state index contributed by atoms with van der Waals surface area (Å²) in [5.74, 6) is 0.660. The third-order valence-corrected chi connectivity index (χ3v) is 8.07. The Morgan fingerprint density at radius 2 is 1.85 bits per heavy atom. The maximum Gasteiger partial charge on any atom is 0.319 e. The average molecular weight is 359 g/mol. The highest BCUT2D eigenvalue weighted by Gasteiger charge is 2.61. The number of rotatable bonds is 2. The SMILES string of the molecule is C[C@]12CC[C@H](OC(=O)CN)CC1=CC(=O)C1C2CC[C@]2(C)C(=O)CCC12. The standard InChI is InChI=1S/C21H29NO4/c1-20-7-5-13(26-18(25)11-22)9-12(20)10-16(23)19-14-3-4-17(24)21(14,2)8-6-15(19)20/h10,13-15,19H,3-9,11,22H2,1-2H3/t13-,14?,15?,19?,20-,21-/m0/s1. The molecule has 5 heteroatoms. The number of Topliss-reactive ketones (excluding diaryl/α,β-unsaturated/α-hetero) is 1. The van der Waals surface area contributed by atoms with Crippen molar-refractivity contribution in [1.82, 2.24) is 0 Å². The Balaban J connectivity index is 1.63. The molecule has 4 rings (SSSR count). The van der Waals surface area contributed by atoms with Gasteiger partial charge in [-0.2, -0.15) is 0 Å². The van der Waals surface area contributed by atoms with Crippen LogP contribution in [0.5, 0.6) is 0 Å². The summed E-state index contributed by atoms with van der Waals surface area (Å²) >= 11 is 0. The van der Waals surface area contributed by atoms with Gasteiger partial charge in [0.15, 0.2) is 5.78 Å². The van der Waals surface area contributed by atoms with Gasteiger partial charge < -0.3 is 10.5 Å². The first-order chi connectivity index (χ1) is 12.3. The van der Waals surface area contributed by atoms with Gasteiger partial charge in [-0.15, -0.1) is 0 Å². The Hall–Kier alpha value is -1.49. The normalized spacial score (nSPS) is 44.7. The van der Waals surface area contributed by atoms with Crippen LogP contribution in [0.3, 0.4) is 0 Å². The molecule has 26 heavy (non-hydrogen) atoms. The molecule has 0 aliphatic heterocycles. The highest BCUT2D eigenvalue weighted by molar-refractivity contribution is 5.96. The van der Waals surface area contributed by atoms with Crippen molar-refractivity contribution in [3.8, 4) is 0 Å². The fraction of sp³-hybridized carbons (Fsp3) is 0.762. The summed E-state index contributed by atoms with van der Waals surface area (Å²) in [6, 6.07) is 0. The van der Waals surface area contributed by atoms with Crippen molar-refractivity contribution >= 4 is 17.5 Å². The van der Waals surface area contributed by atoms with Crippen molar-refractivity contribution < 1.29 is 19.1 Å². The van der Waals surface area contributed by atoms with Crippen LogP contribution in [0.1, 0.15) is 58.8 Å². The second kappa shape index (κ2) is 6.01. The molecule has 3 fully saturated rings. The minimum Gasteiger partial charge on any atom is -0.461 e. The Bertz CT molecular complexity index is 698. The van der Waals surface area contributed by atoms with E-state index in [0.717, 1.165) is 37.7 Å². The van der Waals surface area contributed by atoms with E-state index in [1.54, 1.807) is 0 Å². The van der Waals surface area contributed by atoms with E-state index < -0.39 is 0 Å². The molecule has 0 bridgehead atoms. The number of hydrogen-bond acceptors (Lipinski definition) is 5. The molecule has 0 aromatic carbocycles. The first-order valence-corrected chi connectivity index (χ1v) is 9.97. The molecule has 0 amide bonds. The van der Waals surface area contributed by atoms with Crippen LogP contribution in [0.15, 0.2) is 11.6 Å². The summed E-state index contributed by atoms with van der Waals surface area (Å²) in [6.45, 7) is 4.26. The van der Waals surface area contributed by atoms with Crippen molar-refractivity contribution in [2.75, 3.05) is 6.54 Å². The van der Waals surface area contributed by atoms with Crippen molar-refractivity contribution in [3.05, 3.63) is 11.6 Å². The van der Waals surface area contributed by atoms with Gasteiger partial charge in [-0.1, -0.05) is 19.4 Å². The van der Waals surface area contributed by atoms with E-state index in [1.165, 1.54) is 0 Å². The van der Waals surface area contributed by atoms with Gasteiger partial charge in [0.2, 0.25) is 0 Å². The van der Waals surface area contributed by atoms with E-state index in [4.69, 9.17) is 10.5 Å². The number of nitrogens with two attached hydrogens (primary N) is 1. The topological polar surface area (TPSA) is 86.5 Å². The average Bonchev–Trinajstić information content (AvgIpc) is 2.91. The molecule has 4 aliphatic rings. The highest BCUT2D eigenvalue weighted by atomic mass is 16.5. The first-order valence-electron chi connectivity index (χ1n) is 9.97. The third kappa shape index (κ3) is 2.43. The maximum absolute atomic E-state index is 13.1. The highest BCUT2D eigenvalue weighted by Crippen LogP contribution is 2.63. The van der Waals surface area contributed by atoms with Crippen molar-refractivity contribution in [2.45, 2.75) is 64.9 Å². The van der Waals surface area contributed by atoms with Crippen molar-refractivity contribution in [2.24, 2.45) is 34.3 Å². The maximum atomic E-state index is 13.1. The lowest BCUT2D eigenvalue weighted by Crippen LogP contribution is -2.53. The molecule has 142 valence electrons. The zero-order chi connectivity index (χ0) is 18.7. The van der Waals surface area contributed by atoms with Crippen LogP contribution in [-0.2, 0) is 19.1 Å². The largest absolute Gasteiger partial charge is 0.461 e. The van der Waals surface area contributed by atoms with Crippen molar-refractivity contribution in [1.29, 1.82) is 0 Å². The molecule has 6 atom stereocenters. The molecule has 2 N–H and O–H groups in total. The molecule has 0 radical (unpaired) electrons. The number of fused-ring (bicyclic) bond motifs is 5. The monoisotopic (exact) mass is 359 g/mol. The Kier molecular flexibility index (Phi) is 4.14. The van der Waals surface area contributed by atoms with Gasteiger partial charge in [-0.3, -0.25) is 14.4 Å². The number of hydrogen-bond donors (Lipinski definition) is 1. The molecule has 0 aromatic heterocycles. The number of esters is 1. The number of ether oxygens (including phenoxy) is 1. The summed E-state index contributed by atoms with van der Waals surface area (Å²) < 4.78 is 5.44. The fourth-order valence-electron chi connectivity index (χ4n) is 6.48. The van der Waals surface area contributed by atoms with Crippen LogP contribution in [0.4, 0.5) is 0 Å². The molecular weight excluding hydrogens is 330 g/mol. The number of carbonyl (C=O) groups excluding carboxylic acids is 3. The van der Waals surface area contributed by atoms with E-state index in [2.05, 4.69) is 13.8 Å². The quantitative estimate of drug-likeness (QED) is 0.766. The zero-order valence-corrected chi connectivity index (χ0v) is 15.8. The Labute approximate surface area is 154 Å². The second-order valence-electron chi connectivity index (χ2n) is 9.20. The van der Waals surface area contributed by atoms with E-state index in [0.29, 0.717) is 24.5 Å². The van der Waals surface area contributed by atoms with E-state index in [-0.39, 0.29) is 47.1 Å². The van der Waals surface area contributed by atoms with Gasteiger partial charge in [0.1, 0.15) is 11.9 Å². The lowest BCUT2D eigenvalue weighted by atomic mass is 9.48. The molecule has 0 saturated heterocycles. The molecule has 5 nitrogen and oxygen atoms in total. The molecule has 4 aliphatic carbocycles. The minimum atomic E-state index is -0.378. The molecule has 3 saturated carbocycles. The van der Waals surface area contributed by atoms with Gasteiger partial charge in [0, 0.05) is 24.2 Å². The molecular formula is C21H29NO4. The smallest absolute Gasteiger partial charge is 0.319 e. The molecule has 0 aromatic rings. The van der Waals surface area contributed by atoms with Crippen LogP contribution in [0.2, 0.25) is 0 Å². The van der Waals surface area contributed by atoms with E-state index >= 15 is 0 Å². The third-order valence-electron chi connectivity index (χ3n) is 8.07. The van der Waals surface area contributed by atoms with Crippen LogP contribution in [-0.4, -0.2) is 30.2 Å². The van der Waals surface area contributed by atoms with Crippen molar-refractivity contribution in [3.63, 3.8) is 0 Å². The van der Waals surface area contributed by atoms with Gasteiger partial charge in [-0.05, 0) is 55.4 Å². The number of ketones is 2. The first kappa shape index (κ1) is 17.9. The van der Waals surface area contributed by atoms with Gasteiger partial charge in [0.05, 0.1) is 6.54 Å². The predicted octanol–water partition coefficient (Wildman–Crippen LogP) is 2.57. The summed E-state index contributed by atoms with van der Waals surface area (Å²) in [5, 5.41) is 0. The van der Waals surface area contributed by atoms with Gasteiger partial charge >= 0.3 is 5.97 Å². The van der Waals surface area contributed by atoms with Gasteiger partial charge in [0.25, 0.3) is 0 Å². The van der Waals surface area contributed by atoms with E-state index in [1.807, 2.05) is 6.08 Å². The molecule has 0 spiro atoms. The predicted molar refractivity (Wildman–Crippen MR) is 96.0 cm³/mol.